The average molecular weight is 260 g/mol. The summed E-state index contributed by atoms with van der Waals surface area (Å²) in [7, 11) is 1.38. The van der Waals surface area contributed by atoms with Crippen LogP contribution in [0, 0.1) is 0 Å². The van der Waals surface area contributed by atoms with E-state index in [9.17, 15) is 4.79 Å². The van der Waals surface area contributed by atoms with Gasteiger partial charge in [-0.2, -0.15) is 0 Å². The van der Waals surface area contributed by atoms with E-state index in [1.165, 1.54) is 13.5 Å². The highest BCUT2D eigenvalue weighted by Crippen LogP contribution is 2.23. The molecular weight excluding hydrogens is 244 g/mol. The lowest BCUT2D eigenvalue weighted by atomic mass is 10.0. The number of carbonyl (C=O) groups is 1. The molecule has 0 bridgehead atoms. The fourth-order valence-corrected chi connectivity index (χ4v) is 2.53. The second kappa shape index (κ2) is 4.97. The number of fused-ring (bicyclic) bond motifs is 1. The first-order chi connectivity index (χ1) is 9.31. The van der Waals surface area contributed by atoms with E-state index in [1.54, 1.807) is 16.5 Å². The maximum Gasteiger partial charge on any atom is 0.355 e. The number of ether oxygens (including phenoxy) is 1. The Balaban J connectivity index is 2.11. The van der Waals surface area contributed by atoms with Gasteiger partial charge in [0.1, 0.15) is 5.69 Å². The zero-order chi connectivity index (χ0) is 13.2. The predicted molar refractivity (Wildman–Crippen MR) is 68.9 cm³/mol. The van der Waals surface area contributed by atoms with Crippen molar-refractivity contribution in [1.82, 2.24) is 19.9 Å². The molecule has 0 amide bonds. The molecule has 1 saturated heterocycles. The molecule has 3 heterocycles. The number of carbonyl (C=O) groups excluding carboxylic acids is 1. The number of rotatable bonds is 2. The lowest BCUT2D eigenvalue weighted by Gasteiger charge is -2.22. The molecular formula is C13H16N4O2. The summed E-state index contributed by atoms with van der Waals surface area (Å²) in [5.74, 6) is 0.415. The molecule has 0 aliphatic carbocycles. The summed E-state index contributed by atoms with van der Waals surface area (Å²) in [5, 5.41) is 11.8. The van der Waals surface area contributed by atoms with Gasteiger partial charge in [-0.05, 0) is 31.5 Å². The molecule has 1 aliphatic rings. The first kappa shape index (κ1) is 12.1. The van der Waals surface area contributed by atoms with Gasteiger partial charge >= 0.3 is 5.97 Å². The molecule has 0 saturated carbocycles. The van der Waals surface area contributed by atoms with Crippen molar-refractivity contribution < 1.29 is 9.53 Å². The van der Waals surface area contributed by atoms with Gasteiger partial charge in [0, 0.05) is 0 Å². The van der Waals surface area contributed by atoms with E-state index in [2.05, 4.69) is 15.5 Å². The summed E-state index contributed by atoms with van der Waals surface area (Å²) in [6.45, 7) is 0.972. The summed E-state index contributed by atoms with van der Waals surface area (Å²) in [6, 6.07) is 5.50. The molecule has 2 aromatic rings. The lowest BCUT2D eigenvalue weighted by Crippen LogP contribution is -2.29. The van der Waals surface area contributed by atoms with Crippen LogP contribution in [0.15, 0.2) is 18.2 Å². The molecule has 1 N–H and O–H groups in total. The van der Waals surface area contributed by atoms with E-state index < -0.39 is 0 Å². The van der Waals surface area contributed by atoms with Crippen LogP contribution in [0.4, 0.5) is 0 Å². The number of methoxy groups -OCH3 is 1. The van der Waals surface area contributed by atoms with Gasteiger partial charge < -0.3 is 10.1 Å². The first-order valence-corrected chi connectivity index (χ1v) is 6.47. The van der Waals surface area contributed by atoms with E-state index in [4.69, 9.17) is 4.74 Å². The van der Waals surface area contributed by atoms with E-state index in [-0.39, 0.29) is 12.0 Å². The SMILES string of the molecule is COC(=O)c1cccc2nnc(C3CCCCN3)n12. The highest BCUT2D eigenvalue weighted by atomic mass is 16.5. The molecule has 2 aromatic heterocycles. The molecule has 0 radical (unpaired) electrons. The third-order valence-electron chi connectivity index (χ3n) is 3.47. The Hall–Kier alpha value is -1.95. The Bertz CT molecular complexity index is 602. The number of aromatic nitrogens is 3. The first-order valence-electron chi connectivity index (χ1n) is 6.47. The van der Waals surface area contributed by atoms with Gasteiger partial charge in [0.05, 0.1) is 13.2 Å². The van der Waals surface area contributed by atoms with E-state index in [0.29, 0.717) is 11.3 Å². The molecule has 1 unspecified atom stereocenters. The molecule has 1 atom stereocenters. The van der Waals surface area contributed by atoms with Gasteiger partial charge in [0.15, 0.2) is 11.5 Å². The summed E-state index contributed by atoms with van der Waals surface area (Å²) in [5.41, 5.74) is 1.14. The van der Waals surface area contributed by atoms with Crippen LogP contribution in [0.1, 0.15) is 41.6 Å². The minimum absolute atomic E-state index is 0.148. The minimum Gasteiger partial charge on any atom is -0.464 e. The molecule has 0 spiro atoms. The van der Waals surface area contributed by atoms with Gasteiger partial charge in [-0.1, -0.05) is 12.5 Å². The number of nitrogens with zero attached hydrogens (tertiary/aromatic N) is 3. The Morgan fingerprint density at radius 2 is 2.32 bits per heavy atom. The summed E-state index contributed by atoms with van der Waals surface area (Å²) < 4.78 is 6.61. The van der Waals surface area contributed by atoms with Gasteiger partial charge in [0.2, 0.25) is 0 Å². The van der Waals surface area contributed by atoms with Crippen LogP contribution in [0.2, 0.25) is 0 Å². The van der Waals surface area contributed by atoms with E-state index in [0.717, 1.165) is 25.2 Å². The normalized spacial score (nSPS) is 19.5. The van der Waals surface area contributed by atoms with Crippen molar-refractivity contribution >= 4 is 11.6 Å². The van der Waals surface area contributed by atoms with Crippen molar-refractivity contribution in [3.05, 3.63) is 29.7 Å². The Labute approximate surface area is 110 Å². The van der Waals surface area contributed by atoms with Crippen molar-refractivity contribution in [2.75, 3.05) is 13.7 Å². The molecule has 1 aliphatic heterocycles. The minimum atomic E-state index is -0.373. The molecule has 6 heteroatoms. The van der Waals surface area contributed by atoms with Crippen LogP contribution in [0.5, 0.6) is 0 Å². The summed E-state index contributed by atoms with van der Waals surface area (Å²) in [4.78, 5) is 11.8. The number of piperidine rings is 1. The van der Waals surface area contributed by atoms with Crippen molar-refractivity contribution in [2.24, 2.45) is 0 Å². The number of pyridine rings is 1. The second-order valence-electron chi connectivity index (χ2n) is 4.66. The van der Waals surface area contributed by atoms with Crippen LogP contribution in [0.25, 0.3) is 5.65 Å². The number of hydrogen-bond donors (Lipinski definition) is 1. The Kier molecular flexibility index (Phi) is 3.16. The van der Waals surface area contributed by atoms with Crippen molar-refractivity contribution in [3.8, 4) is 0 Å². The molecule has 1 fully saturated rings. The fourth-order valence-electron chi connectivity index (χ4n) is 2.53. The number of nitrogens with one attached hydrogen (secondary N) is 1. The quantitative estimate of drug-likeness (QED) is 0.825. The van der Waals surface area contributed by atoms with Crippen LogP contribution in [0.3, 0.4) is 0 Å². The highest BCUT2D eigenvalue weighted by molar-refractivity contribution is 5.88. The van der Waals surface area contributed by atoms with Crippen LogP contribution < -0.4 is 5.32 Å². The van der Waals surface area contributed by atoms with Gasteiger partial charge in [-0.3, -0.25) is 4.40 Å². The Morgan fingerprint density at radius 3 is 3.05 bits per heavy atom. The summed E-state index contributed by atoms with van der Waals surface area (Å²) in [6.07, 6.45) is 3.35. The van der Waals surface area contributed by atoms with Crippen molar-refractivity contribution in [3.63, 3.8) is 0 Å². The van der Waals surface area contributed by atoms with Crippen LogP contribution >= 0.6 is 0 Å². The standard InChI is InChI=1S/C13H16N4O2/c1-19-13(18)10-6-4-7-11-15-16-12(17(10)11)9-5-2-3-8-14-9/h4,6-7,9,14H,2-3,5,8H2,1H3. The molecule has 6 nitrogen and oxygen atoms in total. The Morgan fingerprint density at radius 1 is 1.42 bits per heavy atom. The predicted octanol–water partition coefficient (Wildman–Crippen LogP) is 1.33. The van der Waals surface area contributed by atoms with Gasteiger partial charge in [-0.15, -0.1) is 10.2 Å². The number of esters is 1. The maximum absolute atomic E-state index is 11.8. The van der Waals surface area contributed by atoms with Crippen LogP contribution in [-0.4, -0.2) is 34.2 Å². The summed E-state index contributed by atoms with van der Waals surface area (Å²) >= 11 is 0. The third-order valence-corrected chi connectivity index (χ3v) is 3.47. The molecule has 3 rings (SSSR count). The molecule has 100 valence electrons. The zero-order valence-corrected chi connectivity index (χ0v) is 10.8. The highest BCUT2D eigenvalue weighted by Gasteiger charge is 2.23. The van der Waals surface area contributed by atoms with Crippen LogP contribution in [-0.2, 0) is 4.74 Å². The van der Waals surface area contributed by atoms with Gasteiger partial charge in [-0.25, -0.2) is 4.79 Å². The monoisotopic (exact) mass is 260 g/mol. The lowest BCUT2D eigenvalue weighted by molar-refractivity contribution is 0.0591. The number of hydrogen-bond acceptors (Lipinski definition) is 5. The zero-order valence-electron chi connectivity index (χ0n) is 10.8. The van der Waals surface area contributed by atoms with Crippen molar-refractivity contribution in [2.45, 2.75) is 25.3 Å². The average Bonchev–Trinajstić information content (AvgIpc) is 2.91. The third kappa shape index (κ3) is 2.08. The fraction of sp³-hybridized carbons (Fsp3) is 0.462. The topological polar surface area (TPSA) is 68.5 Å². The molecule has 19 heavy (non-hydrogen) atoms. The maximum atomic E-state index is 11.8. The van der Waals surface area contributed by atoms with E-state index >= 15 is 0 Å². The van der Waals surface area contributed by atoms with Gasteiger partial charge in [0.25, 0.3) is 0 Å². The smallest absolute Gasteiger partial charge is 0.355 e. The van der Waals surface area contributed by atoms with Crippen molar-refractivity contribution in [1.29, 1.82) is 0 Å². The molecule has 0 aromatic carbocycles. The largest absolute Gasteiger partial charge is 0.464 e. The van der Waals surface area contributed by atoms with E-state index in [1.807, 2.05) is 6.07 Å². The second-order valence-corrected chi connectivity index (χ2v) is 4.66.